The molecule has 1 aliphatic carbocycles. The number of rotatable bonds is 3. The van der Waals surface area contributed by atoms with Gasteiger partial charge in [0, 0.05) is 6.08 Å². The van der Waals surface area contributed by atoms with E-state index in [1.54, 1.807) is 18.2 Å². The molecule has 13 heavy (non-hydrogen) atoms. The normalized spacial score (nSPS) is 25.8. The molecule has 2 aliphatic rings. The quantitative estimate of drug-likeness (QED) is 0.497. The second kappa shape index (κ2) is 3.14. The molecule has 2 N–H and O–H groups in total. The van der Waals surface area contributed by atoms with Crippen molar-refractivity contribution in [3.63, 3.8) is 0 Å². The zero-order chi connectivity index (χ0) is 9.26. The number of hydrogen-bond donors (Lipinski definition) is 2. The Labute approximate surface area is 75.9 Å². The predicted octanol–water partition coefficient (Wildman–Crippen LogP) is 0.895. The van der Waals surface area contributed by atoms with Gasteiger partial charge in [-0.2, -0.15) is 0 Å². The second-order valence-corrected chi connectivity index (χ2v) is 2.97. The predicted molar refractivity (Wildman–Crippen MR) is 48.4 cm³/mol. The minimum Gasteiger partial charge on any atom is -0.491 e. The van der Waals surface area contributed by atoms with Gasteiger partial charge in [-0.1, -0.05) is 0 Å². The molecule has 0 bridgehead atoms. The summed E-state index contributed by atoms with van der Waals surface area (Å²) < 4.78 is 10.3. The summed E-state index contributed by atoms with van der Waals surface area (Å²) in [5.74, 6) is 0.636. The van der Waals surface area contributed by atoms with Gasteiger partial charge < -0.3 is 9.47 Å². The van der Waals surface area contributed by atoms with Crippen molar-refractivity contribution in [3.05, 3.63) is 24.0 Å². The Balaban J connectivity index is 1.91. The van der Waals surface area contributed by atoms with Gasteiger partial charge in [0.25, 0.3) is 0 Å². The molecule has 0 aromatic heterocycles. The highest BCUT2D eigenvalue weighted by molar-refractivity contribution is 6.48. The largest absolute Gasteiger partial charge is 0.491 e. The standard InChI is InChI=1S/C9H10N2O2/c10-8-2-1-6(3-9(8)11)12-4-7-5-13-7/h1-3,7,10-11H,4-5H2. The Morgan fingerprint density at radius 1 is 1.38 bits per heavy atom. The van der Waals surface area contributed by atoms with Gasteiger partial charge in [0.05, 0.1) is 18.0 Å². The Hall–Kier alpha value is -1.42. The molecule has 0 radical (unpaired) electrons. The summed E-state index contributed by atoms with van der Waals surface area (Å²) in [7, 11) is 0. The van der Waals surface area contributed by atoms with E-state index in [9.17, 15) is 0 Å². The average Bonchev–Trinajstić information content (AvgIpc) is 2.91. The van der Waals surface area contributed by atoms with Gasteiger partial charge in [-0.05, 0) is 12.2 Å². The molecule has 4 heteroatoms. The molecule has 1 fully saturated rings. The molecule has 0 aromatic carbocycles. The molecule has 2 rings (SSSR count). The van der Waals surface area contributed by atoms with E-state index in [1.165, 1.54) is 0 Å². The van der Waals surface area contributed by atoms with Crippen LogP contribution in [0.5, 0.6) is 0 Å². The van der Waals surface area contributed by atoms with Gasteiger partial charge in [0.1, 0.15) is 18.5 Å². The van der Waals surface area contributed by atoms with Crippen LogP contribution >= 0.6 is 0 Å². The van der Waals surface area contributed by atoms with E-state index in [-0.39, 0.29) is 17.5 Å². The molecule has 4 nitrogen and oxygen atoms in total. The third-order valence-corrected chi connectivity index (χ3v) is 1.83. The van der Waals surface area contributed by atoms with Crippen LogP contribution in [0.15, 0.2) is 24.0 Å². The van der Waals surface area contributed by atoms with Crippen LogP contribution in [0.2, 0.25) is 0 Å². The SMILES string of the molecule is N=C1C=CC(OCC2CO2)=CC1=N. The van der Waals surface area contributed by atoms with Crippen molar-refractivity contribution in [1.82, 2.24) is 0 Å². The first-order valence-electron chi connectivity index (χ1n) is 4.07. The average molecular weight is 178 g/mol. The number of nitrogens with one attached hydrogen (secondary N) is 2. The second-order valence-electron chi connectivity index (χ2n) is 2.97. The van der Waals surface area contributed by atoms with Gasteiger partial charge in [-0.15, -0.1) is 0 Å². The zero-order valence-corrected chi connectivity index (χ0v) is 7.04. The lowest BCUT2D eigenvalue weighted by atomic mass is 10.1. The molecule has 0 spiro atoms. The van der Waals surface area contributed by atoms with E-state index in [2.05, 4.69) is 0 Å². The van der Waals surface area contributed by atoms with Crippen molar-refractivity contribution in [2.45, 2.75) is 6.10 Å². The zero-order valence-electron chi connectivity index (χ0n) is 7.04. The molecule has 0 amide bonds. The summed E-state index contributed by atoms with van der Waals surface area (Å²) in [5, 5.41) is 14.6. The monoisotopic (exact) mass is 178 g/mol. The summed E-state index contributed by atoms with van der Waals surface area (Å²) in [6, 6.07) is 0. The Morgan fingerprint density at radius 3 is 2.77 bits per heavy atom. The van der Waals surface area contributed by atoms with Crippen molar-refractivity contribution in [2.24, 2.45) is 0 Å². The van der Waals surface area contributed by atoms with Gasteiger partial charge in [-0.25, -0.2) is 0 Å². The fraction of sp³-hybridized carbons (Fsp3) is 0.333. The van der Waals surface area contributed by atoms with Crippen LogP contribution in [-0.4, -0.2) is 30.7 Å². The van der Waals surface area contributed by atoms with Crippen molar-refractivity contribution >= 4 is 11.4 Å². The van der Waals surface area contributed by atoms with Gasteiger partial charge in [0.15, 0.2) is 0 Å². The van der Waals surface area contributed by atoms with Crippen LogP contribution in [-0.2, 0) is 9.47 Å². The number of epoxide rings is 1. The maximum atomic E-state index is 7.36. The fourth-order valence-corrected chi connectivity index (χ4v) is 0.967. The summed E-state index contributed by atoms with van der Waals surface area (Å²) >= 11 is 0. The van der Waals surface area contributed by atoms with Crippen molar-refractivity contribution in [2.75, 3.05) is 13.2 Å². The number of allylic oxidation sites excluding steroid dienone is 3. The van der Waals surface area contributed by atoms with E-state index >= 15 is 0 Å². The summed E-state index contributed by atoms with van der Waals surface area (Å²) in [6.07, 6.45) is 5.03. The maximum absolute atomic E-state index is 7.36. The molecule has 1 atom stereocenters. The van der Waals surface area contributed by atoms with Crippen LogP contribution in [0.4, 0.5) is 0 Å². The molecule has 0 aromatic rings. The summed E-state index contributed by atoms with van der Waals surface area (Å²) in [5.41, 5.74) is 0.407. The third-order valence-electron chi connectivity index (χ3n) is 1.83. The number of hydrogen-bond acceptors (Lipinski definition) is 4. The molecule has 1 unspecified atom stereocenters. The minimum atomic E-state index is 0.189. The van der Waals surface area contributed by atoms with Gasteiger partial charge in [0.2, 0.25) is 0 Å². The van der Waals surface area contributed by atoms with Crippen LogP contribution in [0.1, 0.15) is 0 Å². The summed E-state index contributed by atoms with van der Waals surface area (Å²) in [4.78, 5) is 0. The Morgan fingerprint density at radius 2 is 2.15 bits per heavy atom. The lowest BCUT2D eigenvalue weighted by Crippen LogP contribution is -2.12. The molecule has 1 heterocycles. The van der Waals surface area contributed by atoms with Crippen LogP contribution < -0.4 is 0 Å². The highest BCUT2D eigenvalue weighted by Gasteiger charge is 2.23. The van der Waals surface area contributed by atoms with Gasteiger partial charge >= 0.3 is 0 Å². The molecular weight excluding hydrogens is 168 g/mol. The first-order valence-corrected chi connectivity index (χ1v) is 4.07. The Bertz CT molecular complexity index is 314. The first kappa shape index (κ1) is 8.19. The van der Waals surface area contributed by atoms with Crippen molar-refractivity contribution in [1.29, 1.82) is 10.8 Å². The maximum Gasteiger partial charge on any atom is 0.121 e. The molecule has 1 aliphatic heterocycles. The van der Waals surface area contributed by atoms with Gasteiger partial charge in [-0.3, -0.25) is 10.8 Å². The third kappa shape index (κ3) is 2.03. The molecule has 0 saturated carbocycles. The van der Waals surface area contributed by atoms with E-state index < -0.39 is 0 Å². The topological polar surface area (TPSA) is 69.5 Å². The fourth-order valence-electron chi connectivity index (χ4n) is 0.967. The molecule has 1 saturated heterocycles. The number of ether oxygens (including phenoxy) is 2. The van der Waals surface area contributed by atoms with Crippen LogP contribution in [0, 0.1) is 10.8 Å². The molecule has 68 valence electrons. The highest BCUT2D eigenvalue weighted by atomic mass is 16.6. The van der Waals surface area contributed by atoms with E-state index in [0.717, 1.165) is 6.61 Å². The van der Waals surface area contributed by atoms with Crippen molar-refractivity contribution in [3.8, 4) is 0 Å². The van der Waals surface area contributed by atoms with Crippen molar-refractivity contribution < 1.29 is 9.47 Å². The minimum absolute atomic E-state index is 0.189. The first-order chi connectivity index (χ1) is 6.25. The Kier molecular flexibility index (Phi) is 1.98. The van der Waals surface area contributed by atoms with E-state index in [1.807, 2.05) is 0 Å². The lowest BCUT2D eigenvalue weighted by Gasteiger charge is -2.09. The lowest BCUT2D eigenvalue weighted by molar-refractivity contribution is 0.193. The summed E-state index contributed by atoms with van der Waals surface area (Å²) in [6.45, 7) is 1.31. The molecular formula is C9H10N2O2. The highest BCUT2D eigenvalue weighted by Crippen LogP contribution is 2.13. The smallest absolute Gasteiger partial charge is 0.121 e. The van der Waals surface area contributed by atoms with Crippen LogP contribution in [0.3, 0.4) is 0 Å². The van der Waals surface area contributed by atoms with Crippen LogP contribution in [0.25, 0.3) is 0 Å². The van der Waals surface area contributed by atoms with E-state index in [4.69, 9.17) is 20.3 Å². The van der Waals surface area contributed by atoms with E-state index in [0.29, 0.717) is 12.4 Å².